The minimum Gasteiger partial charge on any atom is -0.262 e. The lowest BCUT2D eigenvalue weighted by Gasteiger charge is -2.16. The number of nitrogens with zero attached hydrogens (tertiary/aromatic N) is 1. The first-order valence-electron chi connectivity index (χ1n) is 4.49. The Balaban J connectivity index is 2.30. The molecule has 0 heterocycles. The molecule has 0 fully saturated rings. The van der Waals surface area contributed by atoms with Crippen molar-refractivity contribution in [3.63, 3.8) is 0 Å². The fraction of sp³-hybridized carbons (Fsp3) is 0. The van der Waals surface area contributed by atoms with Crippen LogP contribution in [0.25, 0.3) is 0 Å². The topological polar surface area (TPSA) is 27.0 Å². The molecule has 2 rings (SSSR count). The molecular weight excluding hydrogens is 172 g/mol. The molecule has 2 aromatic rings. The molecule has 69 valence electrons. The highest BCUT2D eigenvalue weighted by atomic mass is 15.4. The van der Waals surface area contributed by atoms with Gasteiger partial charge in [-0.05, 0) is 24.3 Å². The van der Waals surface area contributed by atoms with Gasteiger partial charge in [-0.3, -0.25) is 5.01 Å². The average Bonchev–Trinajstić information content (AvgIpc) is 2.30. The monoisotopic (exact) mass is 183 g/mol. The maximum Gasteiger partial charge on any atom is 0.0592 e. The maximum absolute atomic E-state index is 7.89. The molecule has 0 spiro atoms. The second-order valence-corrected chi connectivity index (χ2v) is 3.01. The summed E-state index contributed by atoms with van der Waals surface area (Å²) in [6, 6.07) is 19.3. The van der Waals surface area contributed by atoms with E-state index in [1.807, 2.05) is 60.7 Å². The van der Waals surface area contributed by atoms with Crippen molar-refractivity contribution >= 4 is 11.4 Å². The summed E-state index contributed by atoms with van der Waals surface area (Å²) in [5.41, 5.74) is 1.75. The Labute approximate surface area is 83.6 Å². The molecule has 0 saturated heterocycles. The lowest BCUT2D eigenvalue weighted by molar-refractivity contribution is 1.04. The van der Waals surface area contributed by atoms with E-state index in [1.54, 1.807) is 0 Å². The predicted octanol–water partition coefficient (Wildman–Crippen LogP) is 3.02. The van der Waals surface area contributed by atoms with Crippen LogP contribution in [0.1, 0.15) is 0 Å². The zero-order chi connectivity index (χ0) is 9.80. The molecule has 1 radical (unpaired) electrons. The maximum atomic E-state index is 7.89. The number of hydrogen-bond acceptors (Lipinski definition) is 1. The summed E-state index contributed by atoms with van der Waals surface area (Å²) in [6.45, 7) is 0. The Morgan fingerprint density at radius 2 is 1.00 bits per heavy atom. The molecular formula is C12H11N2. The number of rotatable bonds is 2. The summed E-state index contributed by atoms with van der Waals surface area (Å²) in [6.07, 6.45) is 0. The number of anilines is 2. The lowest BCUT2D eigenvalue weighted by atomic mass is 10.2. The molecule has 14 heavy (non-hydrogen) atoms. The third-order valence-corrected chi connectivity index (χ3v) is 2.03. The minimum absolute atomic E-state index is 0.874. The van der Waals surface area contributed by atoms with E-state index in [1.165, 1.54) is 5.01 Å². The highest BCUT2D eigenvalue weighted by Crippen LogP contribution is 2.21. The molecule has 0 aliphatic heterocycles. The smallest absolute Gasteiger partial charge is 0.0592 e. The van der Waals surface area contributed by atoms with Crippen LogP contribution in [0.3, 0.4) is 0 Å². The van der Waals surface area contributed by atoms with Gasteiger partial charge in [-0.25, -0.2) is 0 Å². The van der Waals surface area contributed by atoms with E-state index >= 15 is 0 Å². The van der Waals surface area contributed by atoms with E-state index in [4.69, 9.17) is 5.84 Å². The summed E-state index contributed by atoms with van der Waals surface area (Å²) >= 11 is 0. The van der Waals surface area contributed by atoms with Crippen LogP contribution in [0.5, 0.6) is 0 Å². The van der Waals surface area contributed by atoms with Gasteiger partial charge in [-0.2, -0.15) is 0 Å². The van der Waals surface area contributed by atoms with Crippen molar-refractivity contribution < 1.29 is 0 Å². The van der Waals surface area contributed by atoms with Crippen LogP contribution >= 0.6 is 0 Å². The molecule has 0 aliphatic carbocycles. The Hall–Kier alpha value is -1.80. The predicted molar refractivity (Wildman–Crippen MR) is 58.1 cm³/mol. The zero-order valence-corrected chi connectivity index (χ0v) is 7.72. The SMILES string of the molecule is [NH]N(c1ccccc1)c1ccccc1. The van der Waals surface area contributed by atoms with Gasteiger partial charge in [-0.1, -0.05) is 36.4 Å². The van der Waals surface area contributed by atoms with Crippen LogP contribution in [-0.4, -0.2) is 0 Å². The van der Waals surface area contributed by atoms with Crippen molar-refractivity contribution in [2.45, 2.75) is 0 Å². The molecule has 2 heteroatoms. The van der Waals surface area contributed by atoms with Gasteiger partial charge in [0.1, 0.15) is 0 Å². The van der Waals surface area contributed by atoms with E-state index in [2.05, 4.69) is 0 Å². The minimum atomic E-state index is 0.874. The Morgan fingerprint density at radius 3 is 1.36 bits per heavy atom. The van der Waals surface area contributed by atoms with Gasteiger partial charge in [0.15, 0.2) is 0 Å². The molecule has 0 aliphatic rings. The van der Waals surface area contributed by atoms with Crippen molar-refractivity contribution in [3.8, 4) is 0 Å². The summed E-state index contributed by atoms with van der Waals surface area (Å²) in [5.74, 6) is 7.89. The van der Waals surface area contributed by atoms with Crippen LogP contribution in [0.4, 0.5) is 11.4 Å². The Morgan fingerprint density at radius 1 is 0.643 bits per heavy atom. The second kappa shape index (κ2) is 3.94. The van der Waals surface area contributed by atoms with Crippen LogP contribution in [-0.2, 0) is 0 Å². The van der Waals surface area contributed by atoms with Gasteiger partial charge < -0.3 is 0 Å². The summed E-state index contributed by atoms with van der Waals surface area (Å²) in [5, 5.41) is 1.42. The van der Waals surface area contributed by atoms with E-state index in [9.17, 15) is 0 Å². The van der Waals surface area contributed by atoms with Crippen LogP contribution in [0.2, 0.25) is 0 Å². The van der Waals surface area contributed by atoms with Crippen molar-refractivity contribution in [2.24, 2.45) is 0 Å². The van der Waals surface area contributed by atoms with Crippen molar-refractivity contribution in [3.05, 3.63) is 60.7 Å². The van der Waals surface area contributed by atoms with Crippen LogP contribution in [0.15, 0.2) is 60.7 Å². The van der Waals surface area contributed by atoms with E-state index < -0.39 is 0 Å². The standard InChI is InChI=1S/C12H11N2/c13-14(11-7-3-1-4-8-11)12-9-5-2-6-10-12/h1-10,13H. The van der Waals surface area contributed by atoms with Gasteiger partial charge in [0.05, 0.1) is 11.4 Å². The van der Waals surface area contributed by atoms with Crippen molar-refractivity contribution in [2.75, 3.05) is 5.01 Å². The van der Waals surface area contributed by atoms with Crippen molar-refractivity contribution in [1.29, 1.82) is 0 Å². The molecule has 2 nitrogen and oxygen atoms in total. The molecule has 0 bridgehead atoms. The fourth-order valence-corrected chi connectivity index (χ4v) is 1.30. The molecule has 2 aromatic carbocycles. The number of para-hydroxylation sites is 2. The molecule has 0 amide bonds. The fourth-order valence-electron chi connectivity index (χ4n) is 1.30. The van der Waals surface area contributed by atoms with Gasteiger partial charge in [0, 0.05) is 0 Å². The highest BCUT2D eigenvalue weighted by Gasteiger charge is 2.02. The second-order valence-electron chi connectivity index (χ2n) is 3.01. The average molecular weight is 183 g/mol. The van der Waals surface area contributed by atoms with Gasteiger partial charge in [0.25, 0.3) is 0 Å². The first-order valence-corrected chi connectivity index (χ1v) is 4.49. The first-order chi connectivity index (χ1) is 6.88. The van der Waals surface area contributed by atoms with E-state index in [0.717, 1.165) is 11.4 Å². The first kappa shape index (κ1) is 8.78. The molecule has 0 saturated carbocycles. The quantitative estimate of drug-likeness (QED) is 0.657. The summed E-state index contributed by atoms with van der Waals surface area (Å²) in [4.78, 5) is 0. The Bertz CT molecular complexity index is 344. The number of nitrogens with one attached hydrogen (secondary N) is 1. The third-order valence-electron chi connectivity index (χ3n) is 2.03. The molecule has 0 unspecified atom stereocenters. The van der Waals surface area contributed by atoms with Crippen LogP contribution < -0.4 is 10.9 Å². The summed E-state index contributed by atoms with van der Waals surface area (Å²) < 4.78 is 0. The lowest BCUT2D eigenvalue weighted by Crippen LogP contribution is -2.12. The highest BCUT2D eigenvalue weighted by molar-refractivity contribution is 5.60. The van der Waals surface area contributed by atoms with Crippen molar-refractivity contribution in [1.82, 2.24) is 5.84 Å². The van der Waals surface area contributed by atoms with E-state index in [-0.39, 0.29) is 0 Å². The third kappa shape index (κ3) is 1.75. The normalized spacial score (nSPS) is 9.79. The summed E-state index contributed by atoms with van der Waals surface area (Å²) in [7, 11) is 0. The van der Waals surface area contributed by atoms with Gasteiger partial charge in [0.2, 0.25) is 0 Å². The Kier molecular flexibility index (Phi) is 2.47. The number of benzene rings is 2. The van der Waals surface area contributed by atoms with Gasteiger partial charge >= 0.3 is 0 Å². The molecule has 0 aromatic heterocycles. The number of hydrogen-bond donors (Lipinski definition) is 0. The molecule has 1 N–H and O–H groups in total. The van der Waals surface area contributed by atoms with E-state index in [0.29, 0.717) is 0 Å². The largest absolute Gasteiger partial charge is 0.262 e. The van der Waals surface area contributed by atoms with Gasteiger partial charge in [-0.15, -0.1) is 5.84 Å². The molecule has 0 atom stereocenters. The zero-order valence-electron chi connectivity index (χ0n) is 7.72. The van der Waals surface area contributed by atoms with Crippen LogP contribution in [0, 0.1) is 0 Å².